The molecule has 1 fully saturated rings. The Bertz CT molecular complexity index is 671. The number of hydrogen-bond donors (Lipinski definition) is 1. The van der Waals surface area contributed by atoms with Gasteiger partial charge in [-0.05, 0) is 51.3 Å². The molecule has 124 valence electrons. The third kappa shape index (κ3) is 3.61. The summed E-state index contributed by atoms with van der Waals surface area (Å²) in [6.45, 7) is 6.63. The number of piperidine rings is 1. The van der Waals surface area contributed by atoms with Gasteiger partial charge in [-0.15, -0.1) is 0 Å². The predicted octanol–water partition coefficient (Wildman–Crippen LogP) is 1.87. The van der Waals surface area contributed by atoms with Crippen LogP contribution in [0, 0.1) is 6.92 Å². The summed E-state index contributed by atoms with van der Waals surface area (Å²) in [5, 5.41) is 7.93. The van der Waals surface area contributed by atoms with E-state index in [9.17, 15) is 4.79 Å². The molecule has 0 aromatic carbocycles. The van der Waals surface area contributed by atoms with Crippen molar-refractivity contribution in [3.8, 4) is 0 Å². The lowest BCUT2D eigenvalue weighted by Crippen LogP contribution is -2.26. The highest BCUT2D eigenvalue weighted by atomic mass is 16.5. The smallest absolute Gasteiger partial charge is 0.360 e. The molecule has 1 aliphatic heterocycles. The number of esters is 1. The minimum absolute atomic E-state index is 0.198. The van der Waals surface area contributed by atoms with E-state index in [-0.39, 0.29) is 5.69 Å². The minimum atomic E-state index is -0.463. The zero-order valence-electron chi connectivity index (χ0n) is 13.5. The summed E-state index contributed by atoms with van der Waals surface area (Å²) >= 11 is 0. The van der Waals surface area contributed by atoms with E-state index < -0.39 is 5.97 Å². The van der Waals surface area contributed by atoms with Crippen molar-refractivity contribution in [1.29, 1.82) is 0 Å². The molecule has 1 saturated heterocycles. The van der Waals surface area contributed by atoms with Gasteiger partial charge < -0.3 is 14.5 Å². The Balaban J connectivity index is 1.70. The van der Waals surface area contributed by atoms with E-state index in [1.165, 1.54) is 11.8 Å². The van der Waals surface area contributed by atoms with Crippen LogP contribution in [0.3, 0.4) is 0 Å². The van der Waals surface area contributed by atoms with Gasteiger partial charge in [0, 0.05) is 6.20 Å². The molecule has 0 aliphatic carbocycles. The molecule has 3 rings (SSSR count). The van der Waals surface area contributed by atoms with Gasteiger partial charge in [0.25, 0.3) is 0 Å². The molecule has 7 heteroatoms. The number of nitrogens with zero attached hydrogens (tertiary/aromatic N) is 3. The maximum atomic E-state index is 11.6. The highest BCUT2D eigenvalue weighted by Crippen LogP contribution is 2.27. The molecule has 0 unspecified atom stereocenters. The lowest BCUT2D eigenvalue weighted by atomic mass is 9.91. The highest BCUT2D eigenvalue weighted by molar-refractivity contribution is 5.86. The third-order valence-electron chi connectivity index (χ3n) is 4.10. The monoisotopic (exact) mass is 318 g/mol. The number of hydrogen-bond acceptors (Lipinski definition) is 6. The number of aromatic nitrogens is 3. The van der Waals surface area contributed by atoms with Crippen molar-refractivity contribution in [3.63, 3.8) is 0 Å². The van der Waals surface area contributed by atoms with E-state index >= 15 is 0 Å². The van der Waals surface area contributed by atoms with Crippen molar-refractivity contribution >= 4 is 5.97 Å². The second-order valence-corrected chi connectivity index (χ2v) is 5.74. The van der Waals surface area contributed by atoms with Crippen molar-refractivity contribution < 1.29 is 13.9 Å². The molecule has 23 heavy (non-hydrogen) atoms. The lowest BCUT2D eigenvalue weighted by molar-refractivity contribution is 0.0519. The molecule has 2 aromatic rings. The van der Waals surface area contributed by atoms with Crippen molar-refractivity contribution in [2.45, 2.75) is 39.2 Å². The number of aryl methyl sites for hydroxylation is 1. The van der Waals surface area contributed by atoms with Crippen LogP contribution in [0.4, 0.5) is 0 Å². The quantitative estimate of drug-likeness (QED) is 0.848. The van der Waals surface area contributed by atoms with E-state index in [2.05, 4.69) is 21.6 Å². The Labute approximate surface area is 135 Å². The molecule has 0 radical (unpaired) electrons. The number of rotatable bonds is 5. The van der Waals surface area contributed by atoms with Gasteiger partial charge in [0.05, 0.1) is 12.3 Å². The van der Waals surface area contributed by atoms with Crippen molar-refractivity contribution in [2.24, 2.45) is 0 Å². The molecule has 7 nitrogen and oxygen atoms in total. The molecule has 0 saturated carbocycles. The standard InChI is InChI=1S/C16H22N4O3/c1-3-22-16(21)14-10-23-15(18-14)9-20-8-13(11(2)19-20)12-4-6-17-7-5-12/h8,10,12,17H,3-7,9H2,1-2H3. The number of ether oxygens (including phenoxy) is 1. The first kappa shape index (κ1) is 15.7. The van der Waals surface area contributed by atoms with Crippen LogP contribution < -0.4 is 5.32 Å². The average Bonchev–Trinajstić information content (AvgIpc) is 3.16. The van der Waals surface area contributed by atoms with Crippen molar-refractivity contribution in [1.82, 2.24) is 20.1 Å². The molecular weight excluding hydrogens is 296 g/mol. The molecule has 2 aromatic heterocycles. The molecule has 0 spiro atoms. The maximum absolute atomic E-state index is 11.6. The van der Waals surface area contributed by atoms with Gasteiger partial charge in [0.2, 0.25) is 5.89 Å². The lowest BCUT2D eigenvalue weighted by Gasteiger charge is -2.21. The number of carbonyl (C=O) groups is 1. The van der Waals surface area contributed by atoms with Gasteiger partial charge in [-0.3, -0.25) is 4.68 Å². The van der Waals surface area contributed by atoms with Crippen LogP contribution in [0.5, 0.6) is 0 Å². The Kier molecular flexibility index (Phi) is 4.76. The fraction of sp³-hybridized carbons (Fsp3) is 0.562. The van der Waals surface area contributed by atoms with Gasteiger partial charge in [-0.2, -0.15) is 5.10 Å². The molecule has 3 heterocycles. The fourth-order valence-electron chi connectivity index (χ4n) is 2.97. The van der Waals surface area contributed by atoms with Gasteiger partial charge in [0.15, 0.2) is 5.69 Å². The van der Waals surface area contributed by atoms with Crippen molar-refractivity contribution in [3.05, 3.63) is 35.3 Å². The highest BCUT2D eigenvalue weighted by Gasteiger charge is 2.20. The van der Waals surface area contributed by atoms with Crippen LogP contribution in [0.15, 0.2) is 16.9 Å². The molecule has 1 aliphatic rings. The summed E-state index contributed by atoms with van der Waals surface area (Å²) in [5.41, 5.74) is 2.54. The summed E-state index contributed by atoms with van der Waals surface area (Å²) < 4.78 is 12.1. The van der Waals surface area contributed by atoms with E-state index in [0.717, 1.165) is 31.6 Å². The van der Waals surface area contributed by atoms with E-state index in [1.807, 2.05) is 11.6 Å². The Morgan fingerprint density at radius 3 is 3.00 bits per heavy atom. The summed E-state index contributed by atoms with van der Waals surface area (Å²) in [4.78, 5) is 15.8. The summed E-state index contributed by atoms with van der Waals surface area (Å²) in [6, 6.07) is 0. The van der Waals surface area contributed by atoms with Gasteiger partial charge in [-0.25, -0.2) is 9.78 Å². The first-order chi connectivity index (χ1) is 11.2. The fourth-order valence-corrected chi connectivity index (χ4v) is 2.97. The van der Waals surface area contributed by atoms with E-state index in [1.54, 1.807) is 6.92 Å². The minimum Gasteiger partial charge on any atom is -0.461 e. The third-order valence-corrected chi connectivity index (χ3v) is 4.10. The van der Waals surface area contributed by atoms with E-state index in [4.69, 9.17) is 9.15 Å². The SMILES string of the molecule is CCOC(=O)c1coc(Cn2cc(C3CCNCC3)c(C)n2)n1. The second kappa shape index (κ2) is 6.95. The molecule has 0 bridgehead atoms. The summed E-state index contributed by atoms with van der Waals surface area (Å²) in [7, 11) is 0. The van der Waals surface area contributed by atoms with Crippen LogP contribution in [0.2, 0.25) is 0 Å². The predicted molar refractivity (Wildman–Crippen MR) is 83.4 cm³/mol. The Hall–Kier alpha value is -2.15. The topological polar surface area (TPSA) is 82.2 Å². The summed E-state index contributed by atoms with van der Waals surface area (Å²) in [5.74, 6) is 0.548. The largest absolute Gasteiger partial charge is 0.461 e. The van der Waals surface area contributed by atoms with Crippen LogP contribution >= 0.6 is 0 Å². The molecule has 1 N–H and O–H groups in total. The molecular formula is C16H22N4O3. The Morgan fingerprint density at radius 1 is 1.48 bits per heavy atom. The number of nitrogens with one attached hydrogen (secondary N) is 1. The summed E-state index contributed by atoms with van der Waals surface area (Å²) in [6.07, 6.45) is 5.67. The van der Waals surface area contributed by atoms with Crippen LogP contribution in [-0.2, 0) is 11.3 Å². The number of carbonyl (C=O) groups excluding carboxylic acids is 1. The molecule has 0 amide bonds. The first-order valence-electron chi connectivity index (χ1n) is 8.03. The number of oxazole rings is 1. The van der Waals surface area contributed by atoms with Crippen molar-refractivity contribution in [2.75, 3.05) is 19.7 Å². The van der Waals surface area contributed by atoms with Gasteiger partial charge >= 0.3 is 5.97 Å². The van der Waals surface area contributed by atoms with E-state index in [0.29, 0.717) is 25.0 Å². The normalized spacial score (nSPS) is 15.7. The van der Waals surface area contributed by atoms with Crippen LogP contribution in [-0.4, -0.2) is 40.4 Å². The van der Waals surface area contributed by atoms with Crippen LogP contribution in [0.1, 0.15) is 53.3 Å². The first-order valence-corrected chi connectivity index (χ1v) is 8.03. The average molecular weight is 318 g/mol. The van der Waals surface area contributed by atoms with Crippen LogP contribution in [0.25, 0.3) is 0 Å². The second-order valence-electron chi connectivity index (χ2n) is 5.74. The zero-order chi connectivity index (χ0) is 16.2. The maximum Gasteiger partial charge on any atom is 0.360 e. The molecule has 0 atom stereocenters. The zero-order valence-corrected chi connectivity index (χ0v) is 13.5. The van der Waals surface area contributed by atoms with Gasteiger partial charge in [-0.1, -0.05) is 0 Å². The van der Waals surface area contributed by atoms with Gasteiger partial charge in [0.1, 0.15) is 12.8 Å². The Morgan fingerprint density at radius 2 is 2.26 bits per heavy atom.